The van der Waals surface area contributed by atoms with Crippen LogP contribution in [0.1, 0.15) is 24.4 Å². The van der Waals surface area contributed by atoms with Crippen molar-refractivity contribution in [3.8, 4) is 0 Å². The highest BCUT2D eigenvalue weighted by Gasteiger charge is 2.37. The molecule has 0 spiro atoms. The minimum Gasteiger partial charge on any atom is -0.334 e. The summed E-state index contributed by atoms with van der Waals surface area (Å²) in [4.78, 5) is 25.6. The molecule has 1 N–H and O–H groups in total. The maximum Gasteiger partial charge on any atom is 0.279 e. The van der Waals surface area contributed by atoms with E-state index in [1.807, 2.05) is 29.2 Å². The smallest absolute Gasteiger partial charge is 0.279 e. The van der Waals surface area contributed by atoms with Crippen LogP contribution in [0.5, 0.6) is 0 Å². The molecular formula is C14H15ClN2O2S. The Balaban J connectivity index is 1.81. The minimum absolute atomic E-state index is 0.00534. The summed E-state index contributed by atoms with van der Waals surface area (Å²) in [5, 5.41) is 3.30. The standard InChI is InChI=1S/C14H15ClN2O2S/c15-10-5-2-1-4-9(10)12-6-3-7-17(12)13(18)11-8-20-14(19)16-11/h1-2,4-5,11-12H,3,6-8H2,(H,16,19)/t11-,12-/m0/s1. The molecule has 0 saturated carbocycles. The van der Waals surface area contributed by atoms with Gasteiger partial charge in [0.1, 0.15) is 6.04 Å². The van der Waals surface area contributed by atoms with Crippen molar-refractivity contribution in [2.75, 3.05) is 12.3 Å². The van der Waals surface area contributed by atoms with Gasteiger partial charge in [-0.05, 0) is 24.5 Å². The monoisotopic (exact) mass is 310 g/mol. The summed E-state index contributed by atoms with van der Waals surface area (Å²) in [6, 6.07) is 7.29. The second kappa shape index (κ2) is 5.66. The third kappa shape index (κ3) is 2.52. The first-order valence-electron chi connectivity index (χ1n) is 6.65. The van der Waals surface area contributed by atoms with Crippen molar-refractivity contribution >= 4 is 34.5 Å². The first-order valence-corrected chi connectivity index (χ1v) is 8.01. The molecule has 1 aromatic carbocycles. The fraction of sp³-hybridized carbons (Fsp3) is 0.429. The van der Waals surface area contributed by atoms with Gasteiger partial charge in [0.05, 0.1) is 6.04 Å². The molecule has 3 rings (SSSR count). The van der Waals surface area contributed by atoms with Crippen LogP contribution in [-0.2, 0) is 4.79 Å². The lowest BCUT2D eigenvalue weighted by molar-refractivity contribution is -0.133. The molecule has 0 radical (unpaired) electrons. The lowest BCUT2D eigenvalue weighted by Gasteiger charge is -2.28. The third-order valence-electron chi connectivity index (χ3n) is 3.77. The van der Waals surface area contributed by atoms with Gasteiger partial charge in [-0.2, -0.15) is 0 Å². The molecule has 2 heterocycles. The molecule has 0 aliphatic carbocycles. The summed E-state index contributed by atoms with van der Waals surface area (Å²) in [5.41, 5.74) is 0.997. The van der Waals surface area contributed by atoms with E-state index in [1.165, 1.54) is 11.8 Å². The van der Waals surface area contributed by atoms with Crippen molar-refractivity contribution in [2.45, 2.75) is 24.9 Å². The van der Waals surface area contributed by atoms with E-state index < -0.39 is 6.04 Å². The molecule has 2 saturated heterocycles. The summed E-state index contributed by atoms with van der Waals surface area (Å²) >= 11 is 7.41. The van der Waals surface area contributed by atoms with Crippen LogP contribution >= 0.6 is 23.4 Å². The number of carbonyl (C=O) groups excluding carboxylic acids is 2. The lowest BCUT2D eigenvalue weighted by atomic mass is 10.0. The first-order chi connectivity index (χ1) is 9.66. The SMILES string of the molecule is O=C1N[C@H](C(=O)N2CCC[C@H]2c2ccccc2Cl)CS1. The van der Waals surface area contributed by atoms with Gasteiger partial charge in [-0.15, -0.1) is 0 Å². The van der Waals surface area contributed by atoms with Crippen LogP contribution in [0.15, 0.2) is 24.3 Å². The first kappa shape index (κ1) is 13.8. The minimum atomic E-state index is -0.393. The predicted octanol–water partition coefficient (Wildman–Crippen LogP) is 2.83. The number of nitrogens with zero attached hydrogens (tertiary/aromatic N) is 1. The molecule has 0 unspecified atom stereocenters. The highest BCUT2D eigenvalue weighted by atomic mass is 35.5. The van der Waals surface area contributed by atoms with E-state index in [4.69, 9.17) is 11.6 Å². The van der Waals surface area contributed by atoms with Crippen molar-refractivity contribution < 1.29 is 9.59 Å². The number of hydrogen-bond donors (Lipinski definition) is 1. The van der Waals surface area contributed by atoms with Crippen molar-refractivity contribution in [3.05, 3.63) is 34.9 Å². The molecule has 2 fully saturated rings. The number of likely N-dealkylation sites (tertiary alicyclic amines) is 1. The Hall–Kier alpha value is -1.20. The lowest BCUT2D eigenvalue weighted by Crippen LogP contribution is -2.45. The average molecular weight is 311 g/mol. The Morgan fingerprint density at radius 2 is 2.20 bits per heavy atom. The molecule has 6 heteroatoms. The number of benzene rings is 1. The molecular weight excluding hydrogens is 296 g/mol. The summed E-state index contributed by atoms with van der Waals surface area (Å²) in [7, 11) is 0. The van der Waals surface area contributed by atoms with Crippen molar-refractivity contribution in [1.82, 2.24) is 10.2 Å². The molecule has 2 aliphatic heterocycles. The highest BCUT2D eigenvalue weighted by molar-refractivity contribution is 8.14. The summed E-state index contributed by atoms with van der Waals surface area (Å²) < 4.78 is 0. The van der Waals surface area contributed by atoms with Crippen LogP contribution in [0.25, 0.3) is 0 Å². The van der Waals surface area contributed by atoms with Gasteiger partial charge in [-0.1, -0.05) is 41.6 Å². The number of hydrogen-bond acceptors (Lipinski definition) is 3. The van der Waals surface area contributed by atoms with Crippen molar-refractivity contribution in [2.24, 2.45) is 0 Å². The Labute approximate surface area is 126 Å². The van der Waals surface area contributed by atoms with Crippen molar-refractivity contribution in [1.29, 1.82) is 0 Å². The van der Waals surface area contributed by atoms with Gasteiger partial charge in [0, 0.05) is 17.3 Å². The largest absolute Gasteiger partial charge is 0.334 e. The molecule has 2 amide bonds. The summed E-state index contributed by atoms with van der Waals surface area (Å²) in [6.07, 6.45) is 1.89. The predicted molar refractivity (Wildman–Crippen MR) is 79.9 cm³/mol. The van der Waals surface area contributed by atoms with E-state index in [9.17, 15) is 9.59 Å². The molecule has 0 aromatic heterocycles. The zero-order valence-electron chi connectivity index (χ0n) is 10.8. The maximum absolute atomic E-state index is 12.5. The molecule has 2 aliphatic rings. The average Bonchev–Trinajstić information content (AvgIpc) is 3.07. The Kier molecular flexibility index (Phi) is 3.89. The number of halogens is 1. The van der Waals surface area contributed by atoms with Gasteiger partial charge < -0.3 is 10.2 Å². The molecule has 1 aromatic rings. The maximum atomic E-state index is 12.5. The van der Waals surface area contributed by atoms with Gasteiger partial charge in [-0.25, -0.2) is 0 Å². The second-order valence-electron chi connectivity index (χ2n) is 5.01. The fourth-order valence-corrected chi connectivity index (χ4v) is 3.85. The zero-order chi connectivity index (χ0) is 14.1. The van der Waals surface area contributed by atoms with Crippen LogP contribution in [0.2, 0.25) is 5.02 Å². The highest BCUT2D eigenvalue weighted by Crippen LogP contribution is 2.36. The molecule has 20 heavy (non-hydrogen) atoms. The van der Waals surface area contributed by atoms with E-state index in [1.54, 1.807) is 0 Å². The molecule has 2 atom stereocenters. The second-order valence-corrected chi connectivity index (χ2v) is 6.41. The van der Waals surface area contributed by atoms with Crippen LogP contribution < -0.4 is 5.32 Å². The Morgan fingerprint density at radius 3 is 2.90 bits per heavy atom. The topological polar surface area (TPSA) is 49.4 Å². The van der Waals surface area contributed by atoms with Gasteiger partial charge in [0.15, 0.2) is 0 Å². The number of rotatable bonds is 2. The van der Waals surface area contributed by atoms with E-state index >= 15 is 0 Å². The van der Waals surface area contributed by atoms with Crippen LogP contribution in [0.4, 0.5) is 4.79 Å². The normalized spacial score (nSPS) is 25.9. The van der Waals surface area contributed by atoms with Gasteiger partial charge >= 0.3 is 0 Å². The van der Waals surface area contributed by atoms with E-state index in [2.05, 4.69) is 5.32 Å². The van der Waals surface area contributed by atoms with Crippen LogP contribution in [-0.4, -0.2) is 34.4 Å². The van der Waals surface area contributed by atoms with Gasteiger partial charge in [-0.3, -0.25) is 9.59 Å². The fourth-order valence-electron chi connectivity index (χ4n) is 2.82. The van der Waals surface area contributed by atoms with Crippen LogP contribution in [0.3, 0.4) is 0 Å². The third-order valence-corrected chi connectivity index (χ3v) is 5.00. The number of carbonyl (C=O) groups is 2. The van der Waals surface area contributed by atoms with Gasteiger partial charge in [0.25, 0.3) is 5.24 Å². The quantitative estimate of drug-likeness (QED) is 0.914. The number of nitrogens with one attached hydrogen (secondary N) is 1. The Morgan fingerprint density at radius 1 is 1.40 bits per heavy atom. The Bertz CT molecular complexity index is 552. The molecule has 106 valence electrons. The van der Waals surface area contributed by atoms with E-state index in [0.717, 1.165) is 24.9 Å². The molecule has 4 nitrogen and oxygen atoms in total. The van der Waals surface area contributed by atoms with Crippen molar-refractivity contribution in [3.63, 3.8) is 0 Å². The van der Waals surface area contributed by atoms with E-state index in [0.29, 0.717) is 10.8 Å². The van der Waals surface area contributed by atoms with Crippen LogP contribution in [0, 0.1) is 0 Å². The number of amides is 2. The zero-order valence-corrected chi connectivity index (χ0v) is 12.4. The molecule has 0 bridgehead atoms. The van der Waals surface area contributed by atoms with Gasteiger partial charge in [0.2, 0.25) is 5.91 Å². The summed E-state index contributed by atoms with van der Waals surface area (Å²) in [5.74, 6) is 0.523. The number of thioether (sulfide) groups is 1. The van der Waals surface area contributed by atoms with E-state index in [-0.39, 0.29) is 17.2 Å². The summed E-state index contributed by atoms with van der Waals surface area (Å²) in [6.45, 7) is 0.728.